The molecule has 2 rings (SSSR count). The molecule has 1 aliphatic rings. The number of aliphatic carboxylic acids is 1. The van der Waals surface area contributed by atoms with Crippen LogP contribution in [0.1, 0.15) is 11.1 Å². The number of benzene rings is 1. The van der Waals surface area contributed by atoms with Crippen molar-refractivity contribution < 1.29 is 27.7 Å². The van der Waals surface area contributed by atoms with Gasteiger partial charge in [0.25, 0.3) is 16.0 Å². The molecule has 0 atom stereocenters. The average Bonchev–Trinajstić information content (AvgIpc) is 2.67. The van der Waals surface area contributed by atoms with Crippen LogP contribution in [0.15, 0.2) is 29.2 Å². The van der Waals surface area contributed by atoms with Crippen LogP contribution in [0.25, 0.3) is 6.08 Å². The third kappa shape index (κ3) is 4.86. The molecular formula is C13H11NO6S3. The predicted octanol–water partition coefficient (Wildman–Crippen LogP) is 1.36. The predicted molar refractivity (Wildman–Crippen MR) is 89.2 cm³/mol. The minimum atomic E-state index is -4.10. The van der Waals surface area contributed by atoms with Gasteiger partial charge in [-0.15, -0.1) is 0 Å². The van der Waals surface area contributed by atoms with Gasteiger partial charge in [-0.25, -0.2) is 0 Å². The maximum absolute atomic E-state index is 12.1. The van der Waals surface area contributed by atoms with E-state index < -0.39 is 34.3 Å². The summed E-state index contributed by atoms with van der Waals surface area (Å²) in [5.74, 6) is -2.13. The van der Waals surface area contributed by atoms with E-state index in [1.54, 1.807) is 18.2 Å². The lowest BCUT2D eigenvalue weighted by molar-refractivity contribution is -0.140. The Bertz CT molecular complexity index is 798. The second kappa shape index (κ2) is 6.79. The summed E-state index contributed by atoms with van der Waals surface area (Å²) < 4.78 is 30.5. The second-order valence-electron chi connectivity index (χ2n) is 4.63. The van der Waals surface area contributed by atoms with Crippen LogP contribution in [-0.2, 0) is 25.5 Å². The number of carboxylic acids is 1. The molecule has 1 aliphatic heterocycles. The summed E-state index contributed by atoms with van der Waals surface area (Å²) in [5, 5.41) is 8.76. The van der Waals surface area contributed by atoms with E-state index in [4.69, 9.17) is 21.9 Å². The van der Waals surface area contributed by atoms with E-state index in [1.807, 2.05) is 0 Å². The number of rotatable bonds is 5. The molecule has 1 amide bonds. The molecule has 7 nitrogen and oxygen atoms in total. The Morgan fingerprint density at radius 1 is 1.30 bits per heavy atom. The molecule has 1 saturated heterocycles. The second-order valence-corrected chi connectivity index (χ2v) is 7.76. The van der Waals surface area contributed by atoms with Gasteiger partial charge in [0.1, 0.15) is 16.6 Å². The maximum atomic E-state index is 12.1. The van der Waals surface area contributed by atoms with Crippen molar-refractivity contribution >= 4 is 56.4 Å². The molecular weight excluding hydrogens is 362 g/mol. The lowest BCUT2D eigenvalue weighted by Crippen LogP contribution is -2.33. The highest BCUT2D eigenvalue weighted by Gasteiger charge is 2.33. The fraction of sp³-hybridized carbons (Fsp3) is 0.154. The molecule has 0 bridgehead atoms. The summed E-state index contributed by atoms with van der Waals surface area (Å²) in [4.78, 5) is 24.1. The summed E-state index contributed by atoms with van der Waals surface area (Å²) in [6.45, 7) is -0.491. The molecule has 122 valence electrons. The Morgan fingerprint density at radius 3 is 2.43 bits per heavy atom. The normalized spacial score (nSPS) is 17.1. The Kier molecular flexibility index (Phi) is 5.19. The highest BCUT2D eigenvalue weighted by molar-refractivity contribution is 8.26. The van der Waals surface area contributed by atoms with Crippen LogP contribution in [-0.4, -0.2) is 45.7 Å². The van der Waals surface area contributed by atoms with Crippen LogP contribution in [0, 0.1) is 0 Å². The van der Waals surface area contributed by atoms with Gasteiger partial charge in [0, 0.05) is 0 Å². The zero-order valence-corrected chi connectivity index (χ0v) is 13.9. The first-order valence-electron chi connectivity index (χ1n) is 6.17. The lowest BCUT2D eigenvalue weighted by Gasteiger charge is -2.10. The smallest absolute Gasteiger partial charge is 0.323 e. The highest BCUT2D eigenvalue weighted by atomic mass is 32.2. The van der Waals surface area contributed by atoms with Gasteiger partial charge in [-0.3, -0.25) is 19.0 Å². The number of carbonyl (C=O) groups is 2. The molecule has 10 heteroatoms. The summed E-state index contributed by atoms with van der Waals surface area (Å²) in [5.41, 5.74) is 1.03. The number of carboxylic acid groups (broad SMARTS) is 1. The van der Waals surface area contributed by atoms with Crippen LogP contribution in [0.2, 0.25) is 0 Å². The van der Waals surface area contributed by atoms with E-state index in [-0.39, 0.29) is 4.32 Å². The number of carbonyl (C=O) groups excluding carboxylic acids is 1. The fourth-order valence-corrected chi connectivity index (χ4v) is 3.71. The molecule has 1 aromatic rings. The van der Waals surface area contributed by atoms with Gasteiger partial charge in [0.15, 0.2) is 0 Å². The Labute approximate surface area is 141 Å². The van der Waals surface area contributed by atoms with Crippen LogP contribution < -0.4 is 0 Å². The molecule has 0 aromatic heterocycles. The largest absolute Gasteiger partial charge is 0.480 e. The molecule has 23 heavy (non-hydrogen) atoms. The van der Waals surface area contributed by atoms with Gasteiger partial charge in [0.2, 0.25) is 0 Å². The Balaban J connectivity index is 2.17. The van der Waals surface area contributed by atoms with E-state index in [9.17, 15) is 18.0 Å². The van der Waals surface area contributed by atoms with Crippen molar-refractivity contribution in [3.8, 4) is 0 Å². The van der Waals surface area contributed by atoms with Crippen molar-refractivity contribution in [2.24, 2.45) is 0 Å². The first kappa shape index (κ1) is 17.6. The minimum Gasteiger partial charge on any atom is -0.480 e. The zero-order chi connectivity index (χ0) is 17.2. The SMILES string of the molecule is O=C(O)CN1C(=O)/C(=C\c2ccc(CS(=O)(=O)O)cc2)SC1=S. The van der Waals surface area contributed by atoms with Gasteiger partial charge in [-0.1, -0.05) is 48.2 Å². The van der Waals surface area contributed by atoms with E-state index in [0.29, 0.717) is 16.0 Å². The third-order valence-electron chi connectivity index (χ3n) is 2.79. The number of hydrogen-bond acceptors (Lipinski definition) is 6. The number of nitrogens with zero attached hydrogens (tertiary/aromatic N) is 1. The van der Waals surface area contributed by atoms with Crippen LogP contribution in [0.5, 0.6) is 0 Å². The van der Waals surface area contributed by atoms with Crippen LogP contribution in [0.3, 0.4) is 0 Å². The van der Waals surface area contributed by atoms with Crippen molar-refractivity contribution in [3.05, 3.63) is 40.3 Å². The molecule has 0 saturated carbocycles. The van der Waals surface area contributed by atoms with Crippen molar-refractivity contribution in [1.29, 1.82) is 0 Å². The standard InChI is InChI=1S/C13H11NO6S3/c15-11(16)6-14-12(17)10(22-13(14)21)5-8-1-3-9(4-2-8)7-23(18,19)20/h1-5H,6-7H2,(H,15,16)(H,18,19,20)/b10-5+. The molecule has 0 radical (unpaired) electrons. The van der Waals surface area contributed by atoms with E-state index in [1.165, 1.54) is 12.1 Å². The maximum Gasteiger partial charge on any atom is 0.323 e. The molecule has 1 fully saturated rings. The van der Waals surface area contributed by atoms with Crippen molar-refractivity contribution in [2.75, 3.05) is 6.54 Å². The molecule has 2 N–H and O–H groups in total. The van der Waals surface area contributed by atoms with Crippen molar-refractivity contribution in [1.82, 2.24) is 4.90 Å². The van der Waals surface area contributed by atoms with E-state index in [0.717, 1.165) is 16.7 Å². The van der Waals surface area contributed by atoms with Crippen LogP contribution >= 0.6 is 24.0 Å². The molecule has 0 unspecified atom stereocenters. The minimum absolute atomic E-state index is 0.173. The van der Waals surface area contributed by atoms with E-state index >= 15 is 0 Å². The lowest BCUT2D eigenvalue weighted by atomic mass is 10.1. The number of thiocarbonyl (C=S) groups is 1. The van der Waals surface area contributed by atoms with Crippen molar-refractivity contribution in [3.63, 3.8) is 0 Å². The fourth-order valence-electron chi connectivity index (χ4n) is 1.84. The van der Waals surface area contributed by atoms with E-state index in [2.05, 4.69) is 0 Å². The van der Waals surface area contributed by atoms with Crippen LogP contribution in [0.4, 0.5) is 0 Å². The number of thioether (sulfide) groups is 1. The first-order valence-corrected chi connectivity index (χ1v) is 9.00. The van der Waals surface area contributed by atoms with Gasteiger partial charge in [0.05, 0.1) is 4.91 Å². The highest BCUT2D eigenvalue weighted by Crippen LogP contribution is 2.32. The van der Waals surface area contributed by atoms with Gasteiger partial charge >= 0.3 is 5.97 Å². The molecule has 1 aromatic carbocycles. The number of hydrogen-bond donors (Lipinski definition) is 2. The van der Waals surface area contributed by atoms with Gasteiger partial charge in [-0.2, -0.15) is 8.42 Å². The van der Waals surface area contributed by atoms with Gasteiger partial charge in [-0.05, 0) is 17.2 Å². The number of amides is 1. The molecule has 0 spiro atoms. The Morgan fingerprint density at radius 2 is 1.91 bits per heavy atom. The zero-order valence-electron chi connectivity index (χ0n) is 11.5. The van der Waals surface area contributed by atoms with Crippen molar-refractivity contribution in [2.45, 2.75) is 5.75 Å². The first-order chi connectivity index (χ1) is 10.7. The molecule has 0 aliphatic carbocycles. The van der Waals surface area contributed by atoms with Gasteiger partial charge < -0.3 is 5.11 Å². The summed E-state index contributed by atoms with van der Waals surface area (Å²) in [6.07, 6.45) is 1.54. The summed E-state index contributed by atoms with van der Waals surface area (Å²) in [6, 6.07) is 6.20. The average molecular weight is 373 g/mol. The third-order valence-corrected chi connectivity index (χ3v) is 4.87. The summed E-state index contributed by atoms with van der Waals surface area (Å²) in [7, 11) is -4.10. The Hall–Kier alpha value is -1.75. The topological polar surface area (TPSA) is 112 Å². The monoisotopic (exact) mass is 373 g/mol. The molecule has 1 heterocycles. The summed E-state index contributed by atoms with van der Waals surface area (Å²) >= 11 is 5.98. The quantitative estimate of drug-likeness (QED) is 0.452.